The molecule has 120 valence electrons. The second kappa shape index (κ2) is 7.07. The molecule has 0 radical (unpaired) electrons. The van der Waals surface area contributed by atoms with Crippen molar-refractivity contribution in [2.24, 2.45) is 5.73 Å². The van der Waals surface area contributed by atoms with Gasteiger partial charge in [-0.15, -0.1) is 0 Å². The van der Waals surface area contributed by atoms with Crippen molar-refractivity contribution >= 4 is 17.4 Å². The molecule has 2 aromatic carbocycles. The Kier molecular flexibility index (Phi) is 5.13. The van der Waals surface area contributed by atoms with E-state index in [1.165, 1.54) is 0 Å². The molecule has 0 spiro atoms. The SMILES string of the molecule is CN(C)c1ccc(C(=N)c2ccc(C[C@@H](N)C(=O)O)cc2)cc1. The highest BCUT2D eigenvalue weighted by Gasteiger charge is 2.12. The molecule has 0 saturated carbocycles. The van der Waals surface area contributed by atoms with Gasteiger partial charge in [0.2, 0.25) is 0 Å². The third-order valence-corrected chi connectivity index (χ3v) is 3.69. The van der Waals surface area contributed by atoms with E-state index in [0.29, 0.717) is 5.71 Å². The van der Waals surface area contributed by atoms with Gasteiger partial charge in [0.05, 0.1) is 5.71 Å². The van der Waals surface area contributed by atoms with Gasteiger partial charge >= 0.3 is 5.97 Å². The molecule has 1 atom stereocenters. The third-order valence-electron chi connectivity index (χ3n) is 3.69. The number of nitrogens with two attached hydrogens (primary N) is 1. The highest BCUT2D eigenvalue weighted by atomic mass is 16.4. The van der Waals surface area contributed by atoms with Crippen LogP contribution < -0.4 is 10.6 Å². The molecular formula is C18H21N3O2. The third kappa shape index (κ3) is 4.17. The van der Waals surface area contributed by atoms with Crippen LogP contribution in [0.25, 0.3) is 0 Å². The monoisotopic (exact) mass is 311 g/mol. The fourth-order valence-corrected chi connectivity index (χ4v) is 2.24. The Hall–Kier alpha value is -2.66. The van der Waals surface area contributed by atoms with Gasteiger partial charge in [0.15, 0.2) is 0 Å². The van der Waals surface area contributed by atoms with Crippen molar-refractivity contribution in [2.75, 3.05) is 19.0 Å². The van der Waals surface area contributed by atoms with E-state index in [0.717, 1.165) is 22.4 Å². The van der Waals surface area contributed by atoms with E-state index < -0.39 is 12.0 Å². The lowest BCUT2D eigenvalue weighted by Crippen LogP contribution is -2.32. The standard InChI is InChI=1S/C18H21N3O2/c1-21(2)15-9-7-14(8-10-15)17(20)13-5-3-12(4-6-13)11-16(19)18(22)23/h3-10,16,20H,11,19H2,1-2H3,(H,22,23)/t16-/m1/s1. The Bertz CT molecular complexity index is 691. The molecule has 5 nitrogen and oxygen atoms in total. The van der Waals surface area contributed by atoms with Gasteiger partial charge in [-0.25, -0.2) is 0 Å². The number of hydrogen-bond donors (Lipinski definition) is 3. The van der Waals surface area contributed by atoms with E-state index in [1.807, 2.05) is 67.5 Å². The van der Waals surface area contributed by atoms with E-state index in [2.05, 4.69) is 0 Å². The summed E-state index contributed by atoms with van der Waals surface area (Å²) in [5.74, 6) is -1.01. The van der Waals surface area contributed by atoms with Gasteiger partial charge in [0, 0.05) is 30.9 Å². The lowest BCUT2D eigenvalue weighted by Gasteiger charge is -2.13. The summed E-state index contributed by atoms with van der Waals surface area (Å²) in [6.07, 6.45) is 0.278. The van der Waals surface area contributed by atoms with Gasteiger partial charge in [-0.3, -0.25) is 10.2 Å². The Labute approximate surface area is 135 Å². The average molecular weight is 311 g/mol. The number of carboxylic acids is 1. The second-order valence-corrected chi connectivity index (χ2v) is 5.66. The van der Waals surface area contributed by atoms with Crippen LogP contribution in [0.2, 0.25) is 0 Å². The minimum atomic E-state index is -1.01. The number of anilines is 1. The van der Waals surface area contributed by atoms with Crippen LogP contribution in [0.1, 0.15) is 16.7 Å². The predicted molar refractivity (Wildman–Crippen MR) is 92.5 cm³/mol. The van der Waals surface area contributed by atoms with Gasteiger partial charge in [0.1, 0.15) is 6.04 Å². The van der Waals surface area contributed by atoms with Crippen molar-refractivity contribution in [2.45, 2.75) is 12.5 Å². The molecule has 5 heteroatoms. The molecule has 0 saturated heterocycles. The van der Waals surface area contributed by atoms with Gasteiger partial charge in [-0.1, -0.05) is 36.4 Å². The second-order valence-electron chi connectivity index (χ2n) is 5.66. The van der Waals surface area contributed by atoms with Gasteiger partial charge in [0.25, 0.3) is 0 Å². The summed E-state index contributed by atoms with van der Waals surface area (Å²) >= 11 is 0. The largest absolute Gasteiger partial charge is 0.480 e. The zero-order valence-corrected chi connectivity index (χ0v) is 13.3. The maximum absolute atomic E-state index is 10.8. The highest BCUT2D eigenvalue weighted by molar-refractivity contribution is 6.10. The number of hydrogen-bond acceptors (Lipinski definition) is 4. The molecule has 2 aromatic rings. The van der Waals surface area contributed by atoms with Crippen molar-refractivity contribution in [1.29, 1.82) is 5.41 Å². The quantitative estimate of drug-likeness (QED) is 0.713. The number of nitrogens with one attached hydrogen (secondary N) is 1. The number of aliphatic carboxylic acids is 1. The number of carboxylic acid groups (broad SMARTS) is 1. The Morgan fingerprint density at radius 2 is 1.57 bits per heavy atom. The first kappa shape index (κ1) is 16.7. The van der Waals surface area contributed by atoms with Gasteiger partial charge < -0.3 is 15.7 Å². The van der Waals surface area contributed by atoms with Crippen molar-refractivity contribution in [1.82, 2.24) is 0 Å². The molecular weight excluding hydrogens is 290 g/mol. The fourth-order valence-electron chi connectivity index (χ4n) is 2.24. The number of rotatable bonds is 6. The summed E-state index contributed by atoms with van der Waals surface area (Å²) < 4.78 is 0. The minimum Gasteiger partial charge on any atom is -0.480 e. The maximum atomic E-state index is 10.8. The van der Waals surface area contributed by atoms with Crippen LogP contribution in [0.3, 0.4) is 0 Å². The Morgan fingerprint density at radius 1 is 1.09 bits per heavy atom. The molecule has 0 fully saturated rings. The maximum Gasteiger partial charge on any atom is 0.320 e. The fraction of sp³-hybridized carbons (Fsp3) is 0.222. The zero-order chi connectivity index (χ0) is 17.0. The van der Waals surface area contributed by atoms with E-state index in [4.69, 9.17) is 16.2 Å². The molecule has 0 aliphatic rings. The number of nitrogens with zero attached hydrogens (tertiary/aromatic N) is 1. The van der Waals surface area contributed by atoms with E-state index >= 15 is 0 Å². The summed E-state index contributed by atoms with van der Waals surface area (Å²) in [6, 6.07) is 14.2. The van der Waals surface area contributed by atoms with Crippen LogP contribution in [0.5, 0.6) is 0 Å². The molecule has 0 aliphatic carbocycles. The van der Waals surface area contributed by atoms with E-state index in [9.17, 15) is 4.79 Å². The molecule has 0 amide bonds. The first-order chi connectivity index (χ1) is 10.9. The smallest absolute Gasteiger partial charge is 0.320 e. The predicted octanol–water partition coefficient (Wildman–Crippen LogP) is 2.12. The summed E-state index contributed by atoms with van der Waals surface area (Å²) in [5.41, 5.74) is 9.52. The van der Waals surface area contributed by atoms with Crippen LogP contribution in [0.4, 0.5) is 5.69 Å². The summed E-state index contributed by atoms with van der Waals surface area (Å²) in [4.78, 5) is 12.8. The first-order valence-electron chi connectivity index (χ1n) is 7.32. The summed E-state index contributed by atoms with van der Waals surface area (Å²) in [6.45, 7) is 0. The van der Waals surface area contributed by atoms with Gasteiger partial charge in [-0.2, -0.15) is 0 Å². The lowest BCUT2D eigenvalue weighted by molar-refractivity contribution is -0.138. The highest BCUT2D eigenvalue weighted by Crippen LogP contribution is 2.16. The molecule has 23 heavy (non-hydrogen) atoms. The van der Waals surface area contributed by atoms with E-state index in [-0.39, 0.29) is 6.42 Å². The average Bonchev–Trinajstić information content (AvgIpc) is 2.55. The normalized spacial score (nSPS) is 11.8. The van der Waals surface area contributed by atoms with Crippen LogP contribution >= 0.6 is 0 Å². The van der Waals surface area contributed by atoms with Gasteiger partial charge in [-0.05, 0) is 24.1 Å². The molecule has 4 N–H and O–H groups in total. The first-order valence-corrected chi connectivity index (χ1v) is 7.32. The molecule has 2 rings (SSSR count). The van der Waals surface area contributed by atoms with Crippen LogP contribution in [0, 0.1) is 5.41 Å². The van der Waals surface area contributed by atoms with Crippen LogP contribution in [0.15, 0.2) is 48.5 Å². The minimum absolute atomic E-state index is 0.278. The summed E-state index contributed by atoms with van der Waals surface area (Å²) in [7, 11) is 3.95. The number of benzene rings is 2. The Balaban J connectivity index is 2.12. The topological polar surface area (TPSA) is 90.4 Å². The van der Waals surface area contributed by atoms with Crippen LogP contribution in [-0.2, 0) is 11.2 Å². The van der Waals surface area contributed by atoms with Crippen LogP contribution in [-0.4, -0.2) is 36.9 Å². The molecule has 0 aliphatic heterocycles. The lowest BCUT2D eigenvalue weighted by atomic mass is 9.99. The molecule has 0 unspecified atom stereocenters. The molecule has 0 heterocycles. The molecule has 0 aromatic heterocycles. The van der Waals surface area contributed by atoms with Crippen molar-refractivity contribution in [3.8, 4) is 0 Å². The van der Waals surface area contributed by atoms with Crippen molar-refractivity contribution in [3.63, 3.8) is 0 Å². The van der Waals surface area contributed by atoms with Crippen molar-refractivity contribution in [3.05, 3.63) is 65.2 Å². The number of carbonyl (C=O) groups is 1. The molecule has 0 bridgehead atoms. The zero-order valence-electron chi connectivity index (χ0n) is 13.3. The van der Waals surface area contributed by atoms with E-state index in [1.54, 1.807) is 0 Å². The Morgan fingerprint density at radius 3 is 2.00 bits per heavy atom. The van der Waals surface area contributed by atoms with Crippen molar-refractivity contribution < 1.29 is 9.90 Å². The summed E-state index contributed by atoms with van der Waals surface area (Å²) in [5, 5.41) is 17.1.